The van der Waals surface area contributed by atoms with Crippen LogP contribution in [-0.2, 0) is 10.8 Å². The molecule has 0 saturated carbocycles. The van der Waals surface area contributed by atoms with E-state index >= 15 is 0 Å². The van der Waals surface area contributed by atoms with E-state index in [1.54, 1.807) is 0 Å². The molecular weight excluding hydrogens is 378 g/mol. The molecular formula is C26H24ClNO. The number of nitrogens with one attached hydrogen (secondary N) is 1. The Labute approximate surface area is 174 Å². The first-order chi connectivity index (χ1) is 13.8. The minimum absolute atomic E-state index is 0.169. The fourth-order valence-electron chi connectivity index (χ4n) is 5.29. The van der Waals surface area contributed by atoms with Crippen molar-refractivity contribution in [1.82, 2.24) is 4.98 Å². The summed E-state index contributed by atoms with van der Waals surface area (Å²) in [7, 11) is 0. The highest BCUT2D eigenvalue weighted by Crippen LogP contribution is 2.49. The fraction of sp³-hybridized carbons (Fsp3) is 0.308. The highest BCUT2D eigenvalue weighted by molar-refractivity contribution is 6.40. The molecule has 3 heteroatoms. The SMILES string of the molecule is CC1(C)CCC(C)(C)c2cc3c(cc21)[nH]c1cc(Cl)c2c4ccccc4oc2c13. The smallest absolute Gasteiger partial charge is 0.146 e. The Morgan fingerprint density at radius 2 is 1.52 bits per heavy atom. The first-order valence-corrected chi connectivity index (χ1v) is 10.7. The largest absolute Gasteiger partial charge is 0.455 e. The molecule has 1 N–H and O–H groups in total. The molecule has 0 radical (unpaired) electrons. The average molecular weight is 402 g/mol. The number of halogens is 1. The molecule has 0 atom stereocenters. The first kappa shape index (κ1) is 17.4. The summed E-state index contributed by atoms with van der Waals surface area (Å²) in [6, 6.07) is 15.0. The molecule has 2 aromatic heterocycles. The van der Waals surface area contributed by atoms with Gasteiger partial charge in [0.25, 0.3) is 0 Å². The summed E-state index contributed by atoms with van der Waals surface area (Å²) in [5, 5.41) is 5.17. The Balaban J connectivity index is 1.82. The highest BCUT2D eigenvalue weighted by Gasteiger charge is 2.37. The van der Waals surface area contributed by atoms with E-state index in [1.807, 2.05) is 18.2 Å². The second-order valence-electron chi connectivity index (χ2n) is 9.92. The van der Waals surface area contributed by atoms with Crippen LogP contribution in [0, 0.1) is 0 Å². The minimum Gasteiger partial charge on any atom is -0.455 e. The van der Waals surface area contributed by atoms with E-state index in [9.17, 15) is 0 Å². The second-order valence-corrected chi connectivity index (χ2v) is 10.3. The Morgan fingerprint density at radius 3 is 2.28 bits per heavy atom. The van der Waals surface area contributed by atoms with Crippen LogP contribution in [0.1, 0.15) is 51.7 Å². The van der Waals surface area contributed by atoms with Gasteiger partial charge in [0.15, 0.2) is 0 Å². The number of para-hydroxylation sites is 1. The summed E-state index contributed by atoms with van der Waals surface area (Å²) in [5.41, 5.74) is 7.23. The van der Waals surface area contributed by atoms with Gasteiger partial charge in [-0.3, -0.25) is 0 Å². The molecule has 0 saturated heterocycles. The van der Waals surface area contributed by atoms with Crippen LogP contribution in [-0.4, -0.2) is 4.98 Å². The summed E-state index contributed by atoms with van der Waals surface area (Å²) in [6.07, 6.45) is 2.41. The summed E-state index contributed by atoms with van der Waals surface area (Å²) >= 11 is 6.72. The number of hydrogen-bond donors (Lipinski definition) is 1. The molecule has 0 aliphatic heterocycles. The van der Waals surface area contributed by atoms with E-state index in [0.717, 1.165) is 43.4 Å². The molecule has 0 spiro atoms. The topological polar surface area (TPSA) is 28.9 Å². The van der Waals surface area contributed by atoms with E-state index in [0.29, 0.717) is 0 Å². The predicted molar refractivity (Wildman–Crippen MR) is 123 cm³/mol. The number of benzene rings is 3. The number of rotatable bonds is 0. The van der Waals surface area contributed by atoms with Crippen molar-refractivity contribution >= 4 is 55.3 Å². The molecule has 2 nitrogen and oxygen atoms in total. The number of aromatic amines is 1. The van der Waals surface area contributed by atoms with Crippen LogP contribution in [0.15, 0.2) is 46.9 Å². The van der Waals surface area contributed by atoms with Gasteiger partial charge in [-0.2, -0.15) is 0 Å². The van der Waals surface area contributed by atoms with Crippen LogP contribution >= 0.6 is 11.6 Å². The van der Waals surface area contributed by atoms with E-state index < -0.39 is 0 Å². The molecule has 0 fully saturated rings. The average Bonchev–Trinajstić information content (AvgIpc) is 3.22. The van der Waals surface area contributed by atoms with Crippen molar-refractivity contribution < 1.29 is 4.42 Å². The zero-order valence-corrected chi connectivity index (χ0v) is 18.0. The number of H-pyrrole nitrogens is 1. The van der Waals surface area contributed by atoms with Crippen LogP contribution in [0.4, 0.5) is 0 Å². The van der Waals surface area contributed by atoms with Gasteiger partial charge in [-0.25, -0.2) is 0 Å². The lowest BCUT2D eigenvalue weighted by atomic mass is 9.63. The van der Waals surface area contributed by atoms with E-state index in [-0.39, 0.29) is 10.8 Å². The lowest BCUT2D eigenvalue weighted by Gasteiger charge is -2.41. The van der Waals surface area contributed by atoms with Gasteiger partial charge in [0.05, 0.1) is 15.9 Å². The van der Waals surface area contributed by atoms with Crippen molar-refractivity contribution in [3.05, 3.63) is 58.6 Å². The van der Waals surface area contributed by atoms with Crippen molar-refractivity contribution in [3.63, 3.8) is 0 Å². The zero-order chi connectivity index (χ0) is 20.1. The number of fused-ring (bicyclic) bond motifs is 8. The standard InChI is InChI=1S/C26H24ClNO/c1-25(2)9-10-26(3,4)17-12-19-15(11-16(17)25)23-20(28-19)13-18(27)22-14-7-5-6-8-21(14)29-24(22)23/h5-8,11-13,28H,9-10H2,1-4H3. The van der Waals surface area contributed by atoms with Crippen LogP contribution in [0.3, 0.4) is 0 Å². The highest BCUT2D eigenvalue weighted by atomic mass is 35.5. The summed E-state index contributed by atoms with van der Waals surface area (Å²) < 4.78 is 6.35. The lowest BCUT2D eigenvalue weighted by Crippen LogP contribution is -2.33. The normalized spacial score (nSPS) is 18.1. The lowest BCUT2D eigenvalue weighted by molar-refractivity contribution is 0.332. The molecule has 29 heavy (non-hydrogen) atoms. The van der Waals surface area contributed by atoms with E-state index in [1.165, 1.54) is 29.4 Å². The molecule has 2 heterocycles. The van der Waals surface area contributed by atoms with Crippen LogP contribution in [0.5, 0.6) is 0 Å². The van der Waals surface area contributed by atoms with Crippen molar-refractivity contribution in [1.29, 1.82) is 0 Å². The third-order valence-electron chi connectivity index (χ3n) is 7.13. The molecule has 0 unspecified atom stereocenters. The summed E-state index contributed by atoms with van der Waals surface area (Å²) in [6.45, 7) is 9.47. The molecule has 0 amide bonds. The molecule has 146 valence electrons. The third-order valence-corrected chi connectivity index (χ3v) is 7.43. The zero-order valence-electron chi connectivity index (χ0n) is 17.2. The molecule has 0 bridgehead atoms. The number of hydrogen-bond acceptors (Lipinski definition) is 1. The van der Waals surface area contributed by atoms with Gasteiger partial charge in [0.1, 0.15) is 11.2 Å². The monoisotopic (exact) mass is 401 g/mol. The van der Waals surface area contributed by atoms with Crippen LogP contribution < -0.4 is 0 Å². The molecule has 3 aromatic carbocycles. The molecule has 1 aliphatic rings. The Bertz CT molecular complexity index is 1460. The first-order valence-electron chi connectivity index (χ1n) is 10.4. The molecule has 6 rings (SSSR count). The molecule has 1 aliphatic carbocycles. The van der Waals surface area contributed by atoms with Gasteiger partial charge in [0, 0.05) is 21.7 Å². The Kier molecular flexibility index (Phi) is 3.22. The molecule has 5 aromatic rings. The number of furan rings is 1. The van der Waals surface area contributed by atoms with E-state index in [4.69, 9.17) is 16.0 Å². The quantitative estimate of drug-likeness (QED) is 0.278. The van der Waals surface area contributed by atoms with Crippen molar-refractivity contribution in [2.45, 2.75) is 51.4 Å². The predicted octanol–water partition coefficient (Wildman–Crippen LogP) is 8.22. The fourth-order valence-corrected chi connectivity index (χ4v) is 5.58. The number of aromatic nitrogens is 1. The summed E-state index contributed by atoms with van der Waals surface area (Å²) in [5.74, 6) is 0. The maximum Gasteiger partial charge on any atom is 0.146 e. The van der Waals surface area contributed by atoms with Gasteiger partial charge < -0.3 is 9.40 Å². The van der Waals surface area contributed by atoms with Crippen LogP contribution in [0.2, 0.25) is 5.02 Å². The van der Waals surface area contributed by atoms with Gasteiger partial charge in [0.2, 0.25) is 0 Å². The summed E-state index contributed by atoms with van der Waals surface area (Å²) in [4.78, 5) is 3.63. The maximum absolute atomic E-state index is 6.72. The minimum atomic E-state index is 0.169. The Morgan fingerprint density at radius 1 is 0.828 bits per heavy atom. The third kappa shape index (κ3) is 2.24. The van der Waals surface area contributed by atoms with Gasteiger partial charge in [-0.1, -0.05) is 57.5 Å². The van der Waals surface area contributed by atoms with Gasteiger partial charge in [-0.15, -0.1) is 0 Å². The van der Waals surface area contributed by atoms with E-state index in [2.05, 4.69) is 56.9 Å². The van der Waals surface area contributed by atoms with Gasteiger partial charge >= 0.3 is 0 Å². The van der Waals surface area contributed by atoms with Crippen molar-refractivity contribution in [2.24, 2.45) is 0 Å². The van der Waals surface area contributed by atoms with Crippen molar-refractivity contribution in [2.75, 3.05) is 0 Å². The second kappa shape index (κ2) is 5.37. The van der Waals surface area contributed by atoms with Crippen LogP contribution in [0.25, 0.3) is 43.7 Å². The Hall–Kier alpha value is -2.45. The maximum atomic E-state index is 6.72. The van der Waals surface area contributed by atoms with Crippen molar-refractivity contribution in [3.8, 4) is 0 Å². The van der Waals surface area contributed by atoms with Gasteiger partial charge in [-0.05, 0) is 59.1 Å².